The molecule has 0 saturated heterocycles. The molecule has 1 aromatic rings. The number of nitrogens with two attached hydrogens (primary N) is 1. The van der Waals surface area contributed by atoms with Crippen molar-refractivity contribution in [2.45, 2.75) is 6.92 Å². The van der Waals surface area contributed by atoms with Crippen LogP contribution in [0.5, 0.6) is 5.75 Å². The molecule has 0 heterocycles. The summed E-state index contributed by atoms with van der Waals surface area (Å²) in [7, 11) is 0. The first-order chi connectivity index (χ1) is 6.27. The molecule has 0 atom stereocenters. The first kappa shape index (κ1) is 9.54. The Kier molecular flexibility index (Phi) is 3.28. The van der Waals surface area contributed by atoms with Crippen LogP contribution in [0.3, 0.4) is 0 Å². The third-order valence-corrected chi connectivity index (χ3v) is 1.56. The number of carbonyl (C=O) groups excluding carboxylic acids is 1. The minimum atomic E-state index is -0.303. The van der Waals surface area contributed by atoms with Crippen molar-refractivity contribution >= 4 is 5.91 Å². The second-order valence-electron chi connectivity index (χ2n) is 2.43. The van der Waals surface area contributed by atoms with E-state index in [0.717, 1.165) is 5.75 Å². The van der Waals surface area contributed by atoms with Crippen molar-refractivity contribution in [1.82, 2.24) is 5.43 Å². The summed E-state index contributed by atoms with van der Waals surface area (Å²) in [6.45, 7) is 2.52. The fourth-order valence-corrected chi connectivity index (χ4v) is 0.953. The van der Waals surface area contributed by atoms with Gasteiger partial charge >= 0.3 is 0 Å². The van der Waals surface area contributed by atoms with E-state index in [1.807, 2.05) is 6.92 Å². The first-order valence-corrected chi connectivity index (χ1v) is 4.01. The summed E-state index contributed by atoms with van der Waals surface area (Å²) in [5.41, 5.74) is 2.57. The molecular formula is C9H12N2O2. The minimum Gasteiger partial charge on any atom is -0.494 e. The average molecular weight is 180 g/mol. The molecule has 0 aliphatic carbocycles. The lowest BCUT2D eigenvalue weighted by Crippen LogP contribution is -2.29. The SMILES string of the molecule is CCOc1ccc(C(=O)NN)cc1. The zero-order valence-corrected chi connectivity index (χ0v) is 7.41. The highest BCUT2D eigenvalue weighted by Crippen LogP contribution is 2.11. The number of nitrogen functional groups attached to an aromatic ring is 1. The monoisotopic (exact) mass is 180 g/mol. The maximum Gasteiger partial charge on any atom is 0.265 e. The van der Waals surface area contributed by atoms with E-state index in [4.69, 9.17) is 10.6 Å². The van der Waals surface area contributed by atoms with Gasteiger partial charge in [0.05, 0.1) is 6.61 Å². The van der Waals surface area contributed by atoms with E-state index in [1.54, 1.807) is 24.3 Å². The number of nitrogens with one attached hydrogen (secondary N) is 1. The normalized spacial score (nSPS) is 9.38. The summed E-state index contributed by atoms with van der Waals surface area (Å²) in [4.78, 5) is 11.0. The summed E-state index contributed by atoms with van der Waals surface area (Å²) in [5, 5.41) is 0. The van der Waals surface area contributed by atoms with Crippen LogP contribution < -0.4 is 16.0 Å². The molecule has 4 heteroatoms. The minimum absolute atomic E-state index is 0.303. The Morgan fingerprint density at radius 2 is 2.08 bits per heavy atom. The van der Waals surface area contributed by atoms with Gasteiger partial charge in [-0.15, -0.1) is 0 Å². The molecule has 1 amide bonds. The van der Waals surface area contributed by atoms with Crippen molar-refractivity contribution in [2.75, 3.05) is 6.61 Å². The number of carbonyl (C=O) groups is 1. The number of benzene rings is 1. The molecule has 13 heavy (non-hydrogen) atoms. The first-order valence-electron chi connectivity index (χ1n) is 4.01. The molecule has 70 valence electrons. The molecule has 3 N–H and O–H groups in total. The van der Waals surface area contributed by atoms with Crippen molar-refractivity contribution < 1.29 is 9.53 Å². The Balaban J connectivity index is 2.75. The highest BCUT2D eigenvalue weighted by Gasteiger charge is 2.01. The smallest absolute Gasteiger partial charge is 0.265 e. The fourth-order valence-electron chi connectivity index (χ4n) is 0.953. The van der Waals surface area contributed by atoms with Crippen molar-refractivity contribution in [3.05, 3.63) is 29.8 Å². The largest absolute Gasteiger partial charge is 0.494 e. The molecule has 0 bridgehead atoms. The van der Waals surface area contributed by atoms with E-state index in [9.17, 15) is 4.79 Å². The topological polar surface area (TPSA) is 64.3 Å². The third-order valence-electron chi connectivity index (χ3n) is 1.56. The van der Waals surface area contributed by atoms with Gasteiger partial charge in [-0.2, -0.15) is 0 Å². The van der Waals surface area contributed by atoms with Gasteiger partial charge in [0, 0.05) is 5.56 Å². The number of rotatable bonds is 3. The van der Waals surface area contributed by atoms with Gasteiger partial charge in [-0.25, -0.2) is 5.84 Å². The average Bonchev–Trinajstić information content (AvgIpc) is 2.18. The van der Waals surface area contributed by atoms with Crippen molar-refractivity contribution in [2.24, 2.45) is 5.84 Å². The Morgan fingerprint density at radius 1 is 1.46 bits per heavy atom. The van der Waals surface area contributed by atoms with E-state index in [1.165, 1.54) is 0 Å². The number of ether oxygens (including phenoxy) is 1. The van der Waals surface area contributed by atoms with Crippen LogP contribution in [0.15, 0.2) is 24.3 Å². The lowest BCUT2D eigenvalue weighted by Gasteiger charge is -2.03. The third kappa shape index (κ3) is 2.45. The zero-order chi connectivity index (χ0) is 9.68. The highest BCUT2D eigenvalue weighted by atomic mass is 16.5. The maximum atomic E-state index is 11.0. The standard InChI is InChI=1S/C9H12N2O2/c1-2-13-8-5-3-7(4-6-8)9(12)11-10/h3-6H,2,10H2,1H3,(H,11,12). The van der Waals surface area contributed by atoms with E-state index in [0.29, 0.717) is 12.2 Å². The number of hydrazine groups is 1. The van der Waals surface area contributed by atoms with Crippen LogP contribution in [0.2, 0.25) is 0 Å². The lowest BCUT2D eigenvalue weighted by atomic mass is 10.2. The molecule has 1 rings (SSSR count). The molecule has 0 aromatic heterocycles. The predicted molar refractivity (Wildman–Crippen MR) is 49.3 cm³/mol. The van der Waals surface area contributed by atoms with Gasteiger partial charge in [-0.3, -0.25) is 10.2 Å². The highest BCUT2D eigenvalue weighted by molar-refractivity contribution is 5.93. The van der Waals surface area contributed by atoms with E-state index in [-0.39, 0.29) is 5.91 Å². The van der Waals surface area contributed by atoms with Gasteiger partial charge in [0.1, 0.15) is 5.75 Å². The van der Waals surface area contributed by atoms with Crippen LogP contribution in [0, 0.1) is 0 Å². The Labute approximate surface area is 76.7 Å². The summed E-state index contributed by atoms with van der Waals surface area (Å²) in [5.74, 6) is 5.41. The maximum absolute atomic E-state index is 11.0. The molecule has 0 spiro atoms. The van der Waals surface area contributed by atoms with Crippen LogP contribution >= 0.6 is 0 Å². The van der Waals surface area contributed by atoms with Gasteiger partial charge < -0.3 is 4.74 Å². The summed E-state index contributed by atoms with van der Waals surface area (Å²) < 4.78 is 5.21. The molecule has 1 aromatic carbocycles. The number of amides is 1. The van der Waals surface area contributed by atoms with Crippen molar-refractivity contribution in [3.63, 3.8) is 0 Å². The van der Waals surface area contributed by atoms with Crippen LogP contribution in [0.4, 0.5) is 0 Å². The van der Waals surface area contributed by atoms with Crippen LogP contribution in [-0.2, 0) is 0 Å². The fraction of sp³-hybridized carbons (Fsp3) is 0.222. The Hall–Kier alpha value is -1.55. The number of hydrogen-bond donors (Lipinski definition) is 2. The van der Waals surface area contributed by atoms with Gasteiger partial charge in [0.15, 0.2) is 0 Å². The van der Waals surface area contributed by atoms with Crippen molar-refractivity contribution in [1.29, 1.82) is 0 Å². The summed E-state index contributed by atoms with van der Waals surface area (Å²) in [6.07, 6.45) is 0. The zero-order valence-electron chi connectivity index (χ0n) is 7.41. The second kappa shape index (κ2) is 4.47. The predicted octanol–water partition coefficient (Wildman–Crippen LogP) is 0.689. The lowest BCUT2D eigenvalue weighted by molar-refractivity contribution is 0.0953. The van der Waals surface area contributed by atoms with Crippen LogP contribution in [0.25, 0.3) is 0 Å². The van der Waals surface area contributed by atoms with E-state index < -0.39 is 0 Å². The molecule has 0 saturated carbocycles. The van der Waals surface area contributed by atoms with Crippen LogP contribution in [0.1, 0.15) is 17.3 Å². The van der Waals surface area contributed by atoms with E-state index in [2.05, 4.69) is 5.43 Å². The number of hydrogen-bond acceptors (Lipinski definition) is 3. The summed E-state index contributed by atoms with van der Waals surface area (Å²) in [6, 6.07) is 6.78. The molecule has 0 aliphatic heterocycles. The van der Waals surface area contributed by atoms with E-state index >= 15 is 0 Å². The van der Waals surface area contributed by atoms with Gasteiger partial charge in [-0.1, -0.05) is 0 Å². The second-order valence-corrected chi connectivity index (χ2v) is 2.43. The molecule has 0 fully saturated rings. The van der Waals surface area contributed by atoms with Gasteiger partial charge in [0.2, 0.25) is 0 Å². The van der Waals surface area contributed by atoms with Crippen molar-refractivity contribution in [3.8, 4) is 5.75 Å². The molecule has 0 radical (unpaired) electrons. The quantitative estimate of drug-likeness (QED) is 0.408. The molecule has 0 aliphatic rings. The Morgan fingerprint density at radius 3 is 2.54 bits per heavy atom. The van der Waals surface area contributed by atoms with Gasteiger partial charge in [-0.05, 0) is 31.2 Å². The molecular weight excluding hydrogens is 168 g/mol. The van der Waals surface area contributed by atoms with Gasteiger partial charge in [0.25, 0.3) is 5.91 Å². The Bertz CT molecular complexity index is 282. The summed E-state index contributed by atoms with van der Waals surface area (Å²) >= 11 is 0. The van der Waals surface area contributed by atoms with Crippen LogP contribution in [-0.4, -0.2) is 12.5 Å². The molecule has 0 unspecified atom stereocenters. The molecule has 4 nitrogen and oxygen atoms in total.